The fourth-order valence-electron chi connectivity index (χ4n) is 2.66. The Bertz CT molecular complexity index is 538. The van der Waals surface area contributed by atoms with Gasteiger partial charge < -0.3 is 10.1 Å². The molecular weight excluding hydrogens is 330 g/mol. The van der Waals surface area contributed by atoms with E-state index in [-0.39, 0.29) is 17.9 Å². The van der Waals surface area contributed by atoms with Crippen molar-refractivity contribution in [1.29, 1.82) is 0 Å². The summed E-state index contributed by atoms with van der Waals surface area (Å²) < 4.78 is 5.56. The third-order valence-corrected chi connectivity index (χ3v) is 4.81. The Morgan fingerprint density at radius 2 is 2.00 bits per heavy atom. The molecule has 1 saturated carbocycles. The van der Waals surface area contributed by atoms with Crippen LogP contribution in [-0.4, -0.2) is 40.1 Å². The molecule has 0 bridgehead atoms. The van der Waals surface area contributed by atoms with Gasteiger partial charge in [0.1, 0.15) is 16.4 Å². The van der Waals surface area contributed by atoms with E-state index in [1.165, 1.54) is 11.8 Å². The van der Waals surface area contributed by atoms with Crippen LogP contribution in [0, 0.1) is 5.92 Å². The summed E-state index contributed by atoms with van der Waals surface area (Å²) in [5, 5.41) is 5.10. The first-order chi connectivity index (χ1) is 10.8. The molecule has 2 rings (SSSR count). The fourth-order valence-corrected chi connectivity index (χ4v) is 3.50. The number of rotatable bonds is 5. The number of hydrogen-bond acceptors (Lipinski definition) is 7. The van der Waals surface area contributed by atoms with E-state index in [0.717, 1.165) is 35.3 Å². The van der Waals surface area contributed by atoms with Crippen molar-refractivity contribution in [1.82, 2.24) is 9.97 Å². The Morgan fingerprint density at radius 1 is 1.26 bits per heavy atom. The van der Waals surface area contributed by atoms with Gasteiger partial charge in [-0.1, -0.05) is 18.2 Å². The minimum absolute atomic E-state index is 0.0733. The molecule has 0 aromatic carbocycles. The highest BCUT2D eigenvalue weighted by Gasteiger charge is 2.36. The topological polar surface area (TPSA) is 64.1 Å². The molecule has 23 heavy (non-hydrogen) atoms. The van der Waals surface area contributed by atoms with Gasteiger partial charge in [0.25, 0.3) is 0 Å². The van der Waals surface area contributed by atoms with Crippen LogP contribution in [0.5, 0.6) is 0 Å². The van der Waals surface area contributed by atoms with E-state index < -0.39 is 5.60 Å². The molecule has 1 aliphatic carbocycles. The van der Waals surface area contributed by atoms with E-state index >= 15 is 0 Å². The van der Waals surface area contributed by atoms with E-state index in [4.69, 9.17) is 4.74 Å². The predicted molar refractivity (Wildman–Crippen MR) is 96.2 cm³/mol. The smallest absolute Gasteiger partial charge is 0.311 e. The van der Waals surface area contributed by atoms with E-state index in [1.54, 1.807) is 11.8 Å². The van der Waals surface area contributed by atoms with Crippen molar-refractivity contribution in [2.45, 2.75) is 61.9 Å². The maximum Gasteiger partial charge on any atom is 0.311 e. The predicted octanol–water partition coefficient (Wildman–Crippen LogP) is 3.84. The Morgan fingerprint density at radius 3 is 2.61 bits per heavy atom. The molecule has 1 heterocycles. The molecule has 0 aliphatic heterocycles. The second kappa shape index (κ2) is 7.75. The highest BCUT2D eigenvalue weighted by atomic mass is 32.2. The van der Waals surface area contributed by atoms with Crippen molar-refractivity contribution < 1.29 is 9.53 Å². The Kier molecular flexibility index (Phi) is 6.19. The minimum atomic E-state index is -0.447. The zero-order chi connectivity index (χ0) is 17.0. The molecule has 1 fully saturated rings. The molecule has 2 atom stereocenters. The van der Waals surface area contributed by atoms with Crippen LogP contribution in [0.3, 0.4) is 0 Å². The minimum Gasteiger partial charge on any atom is -0.460 e. The zero-order valence-electron chi connectivity index (χ0n) is 14.4. The molecule has 1 N–H and O–H groups in total. The van der Waals surface area contributed by atoms with Crippen LogP contribution in [0.1, 0.15) is 40.0 Å². The number of aromatic nitrogens is 2. The van der Waals surface area contributed by atoms with Crippen LogP contribution in [0.4, 0.5) is 5.82 Å². The van der Waals surface area contributed by atoms with Gasteiger partial charge in [-0.15, -0.1) is 11.8 Å². The van der Waals surface area contributed by atoms with Crippen molar-refractivity contribution in [2.24, 2.45) is 5.92 Å². The van der Waals surface area contributed by atoms with Gasteiger partial charge in [0, 0.05) is 12.1 Å². The van der Waals surface area contributed by atoms with Crippen molar-refractivity contribution in [3.05, 3.63) is 6.07 Å². The summed E-state index contributed by atoms with van der Waals surface area (Å²) in [6, 6.07) is 2.01. The normalized spacial score (nSPS) is 21.3. The van der Waals surface area contributed by atoms with E-state index in [0.29, 0.717) is 0 Å². The molecule has 0 amide bonds. The van der Waals surface area contributed by atoms with Crippen LogP contribution in [-0.2, 0) is 9.53 Å². The average Bonchev–Trinajstić information content (AvgIpc) is 2.93. The molecule has 0 saturated heterocycles. The van der Waals surface area contributed by atoms with E-state index in [2.05, 4.69) is 15.3 Å². The van der Waals surface area contributed by atoms with Crippen LogP contribution >= 0.6 is 23.5 Å². The molecule has 7 heteroatoms. The first kappa shape index (κ1) is 18.4. The van der Waals surface area contributed by atoms with Crippen molar-refractivity contribution in [3.63, 3.8) is 0 Å². The number of carbonyl (C=O) groups is 1. The number of nitrogens with one attached hydrogen (secondary N) is 1. The lowest BCUT2D eigenvalue weighted by Crippen LogP contribution is -2.35. The van der Waals surface area contributed by atoms with Crippen molar-refractivity contribution >= 4 is 35.3 Å². The highest BCUT2D eigenvalue weighted by Crippen LogP contribution is 2.31. The van der Waals surface area contributed by atoms with Crippen molar-refractivity contribution in [2.75, 3.05) is 17.8 Å². The first-order valence-electron chi connectivity index (χ1n) is 7.79. The van der Waals surface area contributed by atoms with E-state index in [1.807, 2.05) is 39.3 Å². The summed E-state index contributed by atoms with van der Waals surface area (Å²) in [5.74, 6) is 0.561. The number of thioether (sulfide) groups is 2. The molecule has 1 aliphatic rings. The summed E-state index contributed by atoms with van der Waals surface area (Å²) in [6.45, 7) is 5.71. The third-order valence-electron chi connectivity index (χ3n) is 3.63. The Hall–Kier alpha value is -0.950. The van der Waals surface area contributed by atoms with Gasteiger partial charge in [0.15, 0.2) is 5.16 Å². The molecule has 1 aromatic heterocycles. The number of anilines is 1. The molecule has 0 unspecified atom stereocenters. The lowest BCUT2D eigenvalue weighted by Gasteiger charge is -2.25. The van der Waals surface area contributed by atoms with Crippen molar-refractivity contribution in [3.8, 4) is 0 Å². The summed E-state index contributed by atoms with van der Waals surface area (Å²) in [6.07, 6.45) is 6.80. The molecule has 0 spiro atoms. The van der Waals surface area contributed by atoms with Gasteiger partial charge in [0.05, 0.1) is 5.92 Å². The number of carbonyl (C=O) groups excluding carboxylic acids is 1. The summed E-state index contributed by atoms with van der Waals surface area (Å²) in [5.41, 5.74) is -0.447. The lowest BCUT2D eigenvalue weighted by molar-refractivity contribution is -0.159. The number of ether oxygens (including phenoxy) is 1. The summed E-state index contributed by atoms with van der Waals surface area (Å²) in [7, 11) is 0. The molecule has 0 radical (unpaired) electrons. The largest absolute Gasteiger partial charge is 0.460 e. The SMILES string of the molecule is CSc1cc(N[C@@H]2CCC[C@@H]2C(=O)OC(C)(C)C)nc(SC)n1. The van der Waals surface area contributed by atoms with Gasteiger partial charge in [0.2, 0.25) is 0 Å². The van der Waals surface area contributed by atoms with Gasteiger partial charge in [-0.3, -0.25) is 4.79 Å². The van der Waals surface area contributed by atoms with Crippen LogP contribution in [0.2, 0.25) is 0 Å². The second-order valence-electron chi connectivity index (χ2n) is 6.60. The standard InChI is InChI=1S/C16H25N3O2S2/c1-16(2,3)21-14(20)10-7-6-8-11(10)17-12-9-13(22-4)19-15(18-12)23-5/h9-11H,6-8H2,1-5H3,(H,17,18,19)/t10-,11+/m0/s1. The highest BCUT2D eigenvalue weighted by molar-refractivity contribution is 7.99. The lowest BCUT2D eigenvalue weighted by atomic mass is 10.0. The maximum absolute atomic E-state index is 12.4. The van der Waals surface area contributed by atoms with Gasteiger partial charge in [-0.2, -0.15) is 0 Å². The Labute approximate surface area is 146 Å². The van der Waals surface area contributed by atoms with Crippen LogP contribution in [0.15, 0.2) is 16.2 Å². The number of hydrogen-bond donors (Lipinski definition) is 1. The molecule has 1 aromatic rings. The van der Waals surface area contributed by atoms with Gasteiger partial charge >= 0.3 is 5.97 Å². The summed E-state index contributed by atoms with van der Waals surface area (Å²) >= 11 is 3.11. The third kappa shape index (κ3) is 5.28. The van der Waals surface area contributed by atoms with Crippen LogP contribution < -0.4 is 5.32 Å². The first-order valence-corrected chi connectivity index (χ1v) is 10.2. The monoisotopic (exact) mass is 355 g/mol. The van der Waals surface area contributed by atoms with Gasteiger partial charge in [-0.25, -0.2) is 9.97 Å². The molecule has 5 nitrogen and oxygen atoms in total. The maximum atomic E-state index is 12.4. The molecule has 128 valence electrons. The number of esters is 1. The quantitative estimate of drug-likeness (QED) is 0.372. The van der Waals surface area contributed by atoms with Gasteiger partial charge in [-0.05, 0) is 46.1 Å². The van der Waals surface area contributed by atoms with E-state index in [9.17, 15) is 4.79 Å². The van der Waals surface area contributed by atoms with Crippen LogP contribution in [0.25, 0.3) is 0 Å². The Balaban J connectivity index is 2.11. The average molecular weight is 356 g/mol. The molecular formula is C16H25N3O2S2. The zero-order valence-corrected chi connectivity index (χ0v) is 16.0. The second-order valence-corrected chi connectivity index (χ2v) is 8.20. The number of nitrogens with zero attached hydrogens (tertiary/aromatic N) is 2. The summed E-state index contributed by atoms with van der Waals surface area (Å²) in [4.78, 5) is 21.3. The fraction of sp³-hybridized carbons (Fsp3) is 0.688.